The third-order valence-electron chi connectivity index (χ3n) is 3.39. The maximum absolute atomic E-state index is 6.13. The molecule has 1 saturated carbocycles. The van der Waals surface area contributed by atoms with Crippen LogP contribution in [0.4, 0.5) is 0 Å². The SMILES string of the molecule is NC1(c2csc(C3CCOCC3)n2)CC1. The van der Waals surface area contributed by atoms with Gasteiger partial charge in [0.25, 0.3) is 0 Å². The van der Waals surface area contributed by atoms with E-state index in [0.29, 0.717) is 5.92 Å². The minimum atomic E-state index is -0.0695. The predicted molar refractivity (Wildman–Crippen MR) is 60.0 cm³/mol. The van der Waals surface area contributed by atoms with Crippen molar-refractivity contribution >= 4 is 11.3 Å². The first-order valence-corrected chi connectivity index (χ1v) is 6.48. The molecule has 15 heavy (non-hydrogen) atoms. The van der Waals surface area contributed by atoms with Crippen LogP contribution in [-0.2, 0) is 10.3 Å². The molecule has 1 aromatic rings. The summed E-state index contributed by atoms with van der Waals surface area (Å²) in [7, 11) is 0. The van der Waals surface area contributed by atoms with E-state index < -0.39 is 0 Å². The zero-order valence-corrected chi connectivity index (χ0v) is 9.55. The summed E-state index contributed by atoms with van der Waals surface area (Å²) >= 11 is 1.78. The Morgan fingerprint density at radius 3 is 2.80 bits per heavy atom. The minimum Gasteiger partial charge on any atom is -0.381 e. The third-order valence-corrected chi connectivity index (χ3v) is 4.40. The van der Waals surface area contributed by atoms with E-state index in [1.165, 1.54) is 5.01 Å². The molecule has 2 N–H and O–H groups in total. The van der Waals surface area contributed by atoms with Gasteiger partial charge in [0, 0.05) is 24.5 Å². The number of ether oxygens (including phenoxy) is 1. The predicted octanol–water partition coefficient (Wildman–Crippen LogP) is 1.98. The van der Waals surface area contributed by atoms with Crippen molar-refractivity contribution < 1.29 is 4.74 Å². The molecule has 1 saturated heterocycles. The second kappa shape index (κ2) is 3.54. The van der Waals surface area contributed by atoms with Gasteiger partial charge in [-0.05, 0) is 25.7 Å². The van der Waals surface area contributed by atoms with Crippen LogP contribution in [0.1, 0.15) is 42.3 Å². The highest BCUT2D eigenvalue weighted by atomic mass is 32.1. The molecule has 3 rings (SSSR count). The second-order valence-corrected chi connectivity index (χ2v) is 5.50. The highest BCUT2D eigenvalue weighted by Crippen LogP contribution is 2.43. The summed E-state index contributed by atoms with van der Waals surface area (Å²) < 4.78 is 5.36. The van der Waals surface area contributed by atoms with E-state index in [2.05, 4.69) is 5.38 Å². The fraction of sp³-hybridized carbons (Fsp3) is 0.727. The van der Waals surface area contributed by atoms with Crippen molar-refractivity contribution in [1.82, 2.24) is 4.98 Å². The quantitative estimate of drug-likeness (QED) is 0.835. The molecule has 1 aliphatic carbocycles. The Labute approximate surface area is 93.7 Å². The van der Waals surface area contributed by atoms with E-state index in [-0.39, 0.29) is 5.54 Å². The third kappa shape index (κ3) is 1.82. The van der Waals surface area contributed by atoms with Crippen LogP contribution >= 0.6 is 11.3 Å². The first-order valence-electron chi connectivity index (χ1n) is 5.60. The summed E-state index contributed by atoms with van der Waals surface area (Å²) in [6, 6.07) is 0. The number of thiazole rings is 1. The lowest BCUT2D eigenvalue weighted by atomic mass is 10.0. The number of hydrogen-bond donors (Lipinski definition) is 1. The summed E-state index contributed by atoms with van der Waals surface area (Å²) in [5, 5.41) is 3.42. The van der Waals surface area contributed by atoms with Gasteiger partial charge in [0.1, 0.15) is 0 Å². The minimum absolute atomic E-state index is 0.0695. The Kier molecular flexibility index (Phi) is 2.30. The van der Waals surface area contributed by atoms with Gasteiger partial charge in [0.05, 0.1) is 16.2 Å². The normalized spacial score (nSPS) is 25.4. The molecule has 0 bridgehead atoms. The van der Waals surface area contributed by atoms with Gasteiger partial charge in [-0.25, -0.2) is 4.98 Å². The largest absolute Gasteiger partial charge is 0.381 e. The number of rotatable bonds is 2. The first kappa shape index (κ1) is 9.75. The average Bonchev–Trinajstić information content (AvgIpc) is 2.85. The standard InChI is InChI=1S/C11H16N2OS/c12-11(3-4-11)9-7-15-10(13-9)8-1-5-14-6-2-8/h7-8H,1-6,12H2. The summed E-state index contributed by atoms with van der Waals surface area (Å²) in [5.41, 5.74) is 7.18. The average molecular weight is 224 g/mol. The molecule has 1 aliphatic heterocycles. The van der Waals surface area contributed by atoms with Gasteiger partial charge in [-0.3, -0.25) is 0 Å². The van der Waals surface area contributed by atoms with Crippen molar-refractivity contribution in [3.8, 4) is 0 Å². The Bertz CT molecular complexity index is 353. The van der Waals surface area contributed by atoms with Crippen LogP contribution in [-0.4, -0.2) is 18.2 Å². The lowest BCUT2D eigenvalue weighted by Crippen LogP contribution is -2.19. The maximum Gasteiger partial charge on any atom is 0.0961 e. The van der Waals surface area contributed by atoms with Crippen LogP contribution in [0.25, 0.3) is 0 Å². The molecule has 4 heteroatoms. The molecule has 2 fully saturated rings. The van der Waals surface area contributed by atoms with Crippen LogP contribution in [0, 0.1) is 0 Å². The molecular formula is C11H16N2OS. The van der Waals surface area contributed by atoms with Crippen molar-refractivity contribution in [2.75, 3.05) is 13.2 Å². The smallest absolute Gasteiger partial charge is 0.0961 e. The van der Waals surface area contributed by atoms with Gasteiger partial charge < -0.3 is 10.5 Å². The van der Waals surface area contributed by atoms with Crippen LogP contribution in [0.5, 0.6) is 0 Å². The molecular weight excluding hydrogens is 208 g/mol. The van der Waals surface area contributed by atoms with E-state index in [0.717, 1.165) is 44.6 Å². The summed E-state index contributed by atoms with van der Waals surface area (Å²) in [5.74, 6) is 0.611. The highest BCUT2D eigenvalue weighted by Gasteiger charge is 2.42. The monoisotopic (exact) mass is 224 g/mol. The van der Waals surface area contributed by atoms with Crippen LogP contribution in [0.15, 0.2) is 5.38 Å². The molecule has 3 nitrogen and oxygen atoms in total. The zero-order valence-electron chi connectivity index (χ0n) is 8.74. The number of hydrogen-bond acceptors (Lipinski definition) is 4. The maximum atomic E-state index is 6.13. The summed E-state index contributed by atoms with van der Waals surface area (Å²) in [6.45, 7) is 1.76. The molecule has 0 radical (unpaired) electrons. The number of aromatic nitrogens is 1. The van der Waals surface area contributed by atoms with Crippen molar-refractivity contribution in [3.63, 3.8) is 0 Å². The molecule has 2 aliphatic rings. The highest BCUT2D eigenvalue weighted by molar-refractivity contribution is 7.09. The zero-order chi connectivity index (χ0) is 10.3. The van der Waals surface area contributed by atoms with Gasteiger partial charge in [-0.1, -0.05) is 0 Å². The second-order valence-electron chi connectivity index (χ2n) is 4.61. The van der Waals surface area contributed by atoms with E-state index in [4.69, 9.17) is 15.5 Å². The first-order chi connectivity index (χ1) is 7.28. The molecule has 0 spiro atoms. The lowest BCUT2D eigenvalue weighted by Gasteiger charge is -2.19. The molecule has 1 aromatic heterocycles. The van der Waals surface area contributed by atoms with Crippen LogP contribution in [0.3, 0.4) is 0 Å². The van der Waals surface area contributed by atoms with Crippen molar-refractivity contribution in [2.45, 2.75) is 37.1 Å². The van der Waals surface area contributed by atoms with Crippen LogP contribution < -0.4 is 5.73 Å². The van der Waals surface area contributed by atoms with Gasteiger partial charge in [0.2, 0.25) is 0 Å². The Morgan fingerprint density at radius 1 is 1.40 bits per heavy atom. The topological polar surface area (TPSA) is 48.1 Å². The molecule has 2 heterocycles. The Hall–Kier alpha value is -0.450. The summed E-state index contributed by atoms with van der Waals surface area (Å²) in [6.07, 6.45) is 4.43. The van der Waals surface area contributed by atoms with E-state index in [1.54, 1.807) is 11.3 Å². The fourth-order valence-electron chi connectivity index (χ4n) is 2.04. The number of nitrogens with zero attached hydrogens (tertiary/aromatic N) is 1. The van der Waals surface area contributed by atoms with E-state index in [9.17, 15) is 0 Å². The van der Waals surface area contributed by atoms with Crippen molar-refractivity contribution in [2.24, 2.45) is 5.73 Å². The van der Waals surface area contributed by atoms with Gasteiger partial charge in [-0.15, -0.1) is 11.3 Å². The van der Waals surface area contributed by atoms with E-state index in [1.807, 2.05) is 0 Å². The van der Waals surface area contributed by atoms with E-state index >= 15 is 0 Å². The summed E-state index contributed by atoms with van der Waals surface area (Å²) in [4.78, 5) is 4.71. The molecule has 82 valence electrons. The number of nitrogens with two attached hydrogens (primary N) is 1. The lowest BCUT2D eigenvalue weighted by molar-refractivity contribution is 0.0852. The van der Waals surface area contributed by atoms with Gasteiger partial charge in [0.15, 0.2) is 0 Å². The van der Waals surface area contributed by atoms with Gasteiger partial charge in [-0.2, -0.15) is 0 Å². The molecule has 0 aromatic carbocycles. The van der Waals surface area contributed by atoms with Crippen molar-refractivity contribution in [1.29, 1.82) is 0 Å². The molecule has 0 unspecified atom stereocenters. The fourth-order valence-corrected chi connectivity index (χ4v) is 3.14. The van der Waals surface area contributed by atoms with Crippen molar-refractivity contribution in [3.05, 3.63) is 16.1 Å². The molecule has 0 amide bonds. The Morgan fingerprint density at radius 2 is 2.13 bits per heavy atom. The van der Waals surface area contributed by atoms with Crippen LogP contribution in [0.2, 0.25) is 0 Å². The Balaban J connectivity index is 1.77. The van der Waals surface area contributed by atoms with Gasteiger partial charge >= 0.3 is 0 Å². The molecule has 0 atom stereocenters.